The second kappa shape index (κ2) is 5.56. The van der Waals surface area contributed by atoms with Gasteiger partial charge in [-0.05, 0) is 31.5 Å². The summed E-state index contributed by atoms with van der Waals surface area (Å²) in [6.07, 6.45) is 1.90. The van der Waals surface area contributed by atoms with Crippen LogP contribution in [0.3, 0.4) is 0 Å². The molecular weight excluding hydrogens is 186 g/mol. The van der Waals surface area contributed by atoms with Gasteiger partial charge in [0.25, 0.3) is 0 Å². The van der Waals surface area contributed by atoms with Crippen molar-refractivity contribution in [2.75, 3.05) is 7.11 Å². The molecule has 1 rings (SSSR count). The third kappa shape index (κ3) is 3.40. The predicted molar refractivity (Wildman–Crippen MR) is 64.2 cm³/mol. The summed E-state index contributed by atoms with van der Waals surface area (Å²) >= 11 is 0. The molecule has 82 valence electrons. The highest BCUT2D eigenvalue weighted by molar-refractivity contribution is 5.28. The number of rotatable bonds is 5. The fraction of sp³-hybridized carbons (Fsp3) is 0.385. The van der Waals surface area contributed by atoms with Gasteiger partial charge in [0.2, 0.25) is 0 Å². The van der Waals surface area contributed by atoms with Crippen LogP contribution in [0.5, 0.6) is 5.75 Å². The summed E-state index contributed by atoms with van der Waals surface area (Å²) < 4.78 is 5.11. The molecule has 0 spiro atoms. The van der Waals surface area contributed by atoms with Crippen molar-refractivity contribution < 1.29 is 4.74 Å². The molecule has 2 heteroatoms. The maximum atomic E-state index is 5.11. The molecule has 1 aromatic rings. The van der Waals surface area contributed by atoms with E-state index in [9.17, 15) is 0 Å². The highest BCUT2D eigenvalue weighted by Crippen LogP contribution is 2.17. The molecule has 2 atom stereocenters. The van der Waals surface area contributed by atoms with E-state index in [4.69, 9.17) is 4.74 Å². The summed E-state index contributed by atoms with van der Waals surface area (Å²) in [5, 5.41) is 3.42. The van der Waals surface area contributed by atoms with Crippen molar-refractivity contribution in [3.8, 4) is 5.75 Å². The monoisotopic (exact) mass is 205 g/mol. The Morgan fingerprint density at radius 3 is 2.33 bits per heavy atom. The molecule has 0 aliphatic carbocycles. The third-order valence-electron chi connectivity index (χ3n) is 2.48. The Morgan fingerprint density at radius 2 is 1.87 bits per heavy atom. The molecular formula is C13H19NO. The summed E-state index contributed by atoms with van der Waals surface area (Å²) in [5.41, 5.74) is 1.25. The lowest BCUT2D eigenvalue weighted by molar-refractivity contribution is 0.414. The molecule has 0 aromatic heterocycles. The van der Waals surface area contributed by atoms with E-state index in [0.29, 0.717) is 12.1 Å². The number of hydrogen-bond acceptors (Lipinski definition) is 2. The Balaban J connectivity index is 2.65. The van der Waals surface area contributed by atoms with Crippen molar-refractivity contribution in [3.05, 3.63) is 42.5 Å². The van der Waals surface area contributed by atoms with Crippen LogP contribution in [0.1, 0.15) is 25.5 Å². The van der Waals surface area contributed by atoms with Crippen molar-refractivity contribution in [2.45, 2.75) is 25.9 Å². The Labute approximate surface area is 92.0 Å². The molecule has 1 unspecified atom stereocenters. The summed E-state index contributed by atoms with van der Waals surface area (Å²) in [5.74, 6) is 0.891. The minimum atomic E-state index is 0.321. The number of ether oxygens (including phenoxy) is 1. The summed E-state index contributed by atoms with van der Waals surface area (Å²) in [6.45, 7) is 7.98. The quantitative estimate of drug-likeness (QED) is 0.746. The van der Waals surface area contributed by atoms with Crippen molar-refractivity contribution in [1.82, 2.24) is 5.32 Å². The van der Waals surface area contributed by atoms with Crippen LogP contribution in [0.25, 0.3) is 0 Å². The van der Waals surface area contributed by atoms with Crippen LogP contribution in [0.4, 0.5) is 0 Å². The van der Waals surface area contributed by atoms with E-state index in [2.05, 4.69) is 37.9 Å². The van der Waals surface area contributed by atoms with E-state index in [0.717, 1.165) is 5.75 Å². The van der Waals surface area contributed by atoms with Crippen molar-refractivity contribution in [3.63, 3.8) is 0 Å². The maximum absolute atomic E-state index is 5.11. The Kier molecular flexibility index (Phi) is 4.37. The number of nitrogens with one attached hydrogen (secondary N) is 1. The van der Waals surface area contributed by atoms with Gasteiger partial charge in [0, 0.05) is 12.1 Å². The minimum absolute atomic E-state index is 0.321. The van der Waals surface area contributed by atoms with E-state index >= 15 is 0 Å². The fourth-order valence-electron chi connectivity index (χ4n) is 1.45. The van der Waals surface area contributed by atoms with Crippen molar-refractivity contribution in [1.29, 1.82) is 0 Å². The van der Waals surface area contributed by atoms with Crippen LogP contribution >= 0.6 is 0 Å². The SMILES string of the molecule is C=CC(C)N[C@H](C)c1ccc(OC)cc1. The first-order valence-corrected chi connectivity index (χ1v) is 5.20. The lowest BCUT2D eigenvalue weighted by Gasteiger charge is -2.17. The smallest absolute Gasteiger partial charge is 0.118 e. The third-order valence-corrected chi connectivity index (χ3v) is 2.48. The fourth-order valence-corrected chi connectivity index (χ4v) is 1.45. The lowest BCUT2D eigenvalue weighted by Crippen LogP contribution is -2.26. The van der Waals surface area contributed by atoms with Gasteiger partial charge < -0.3 is 10.1 Å². The largest absolute Gasteiger partial charge is 0.497 e. The molecule has 0 heterocycles. The molecule has 15 heavy (non-hydrogen) atoms. The molecule has 0 radical (unpaired) electrons. The Bertz CT molecular complexity index is 305. The molecule has 1 N–H and O–H groups in total. The van der Waals surface area contributed by atoms with E-state index in [1.54, 1.807) is 7.11 Å². The van der Waals surface area contributed by atoms with Gasteiger partial charge in [-0.15, -0.1) is 6.58 Å². The zero-order valence-corrected chi connectivity index (χ0v) is 9.66. The van der Waals surface area contributed by atoms with Gasteiger partial charge in [-0.1, -0.05) is 18.2 Å². The van der Waals surface area contributed by atoms with Gasteiger partial charge in [0.1, 0.15) is 5.75 Å². The second-order valence-electron chi connectivity index (χ2n) is 3.69. The number of hydrogen-bond donors (Lipinski definition) is 1. The average molecular weight is 205 g/mol. The van der Waals surface area contributed by atoms with Crippen LogP contribution < -0.4 is 10.1 Å². The average Bonchev–Trinajstić information content (AvgIpc) is 2.29. The summed E-state index contributed by atoms with van der Waals surface area (Å²) in [6, 6.07) is 8.75. The highest BCUT2D eigenvalue weighted by Gasteiger charge is 2.06. The first-order valence-electron chi connectivity index (χ1n) is 5.20. The molecule has 0 saturated carbocycles. The van der Waals surface area contributed by atoms with E-state index in [1.807, 2.05) is 18.2 Å². The van der Waals surface area contributed by atoms with Gasteiger partial charge in [0.15, 0.2) is 0 Å². The molecule has 2 nitrogen and oxygen atoms in total. The van der Waals surface area contributed by atoms with E-state index in [1.165, 1.54) is 5.56 Å². The normalized spacial score (nSPS) is 14.3. The van der Waals surface area contributed by atoms with Gasteiger partial charge in [0.05, 0.1) is 7.11 Å². The van der Waals surface area contributed by atoms with Crippen LogP contribution in [0, 0.1) is 0 Å². The second-order valence-corrected chi connectivity index (χ2v) is 3.69. The van der Waals surface area contributed by atoms with E-state index in [-0.39, 0.29) is 0 Å². The van der Waals surface area contributed by atoms with Crippen LogP contribution in [0.2, 0.25) is 0 Å². The molecule has 0 amide bonds. The predicted octanol–water partition coefficient (Wildman–Crippen LogP) is 2.92. The summed E-state index contributed by atoms with van der Waals surface area (Å²) in [7, 11) is 1.68. The minimum Gasteiger partial charge on any atom is -0.497 e. The van der Waals surface area contributed by atoms with Crippen LogP contribution in [-0.2, 0) is 0 Å². The van der Waals surface area contributed by atoms with Gasteiger partial charge in [-0.3, -0.25) is 0 Å². The molecule has 0 saturated heterocycles. The Hall–Kier alpha value is -1.28. The standard InChI is InChI=1S/C13H19NO/c1-5-10(2)14-11(3)12-6-8-13(15-4)9-7-12/h5-11,14H,1H2,2-4H3/t10?,11-/m1/s1. The first-order chi connectivity index (χ1) is 7.17. The van der Waals surface area contributed by atoms with Crippen molar-refractivity contribution in [2.24, 2.45) is 0 Å². The van der Waals surface area contributed by atoms with Gasteiger partial charge in [-0.25, -0.2) is 0 Å². The zero-order valence-electron chi connectivity index (χ0n) is 9.66. The number of benzene rings is 1. The molecule has 0 aliphatic rings. The van der Waals surface area contributed by atoms with Crippen molar-refractivity contribution >= 4 is 0 Å². The van der Waals surface area contributed by atoms with Crippen LogP contribution in [-0.4, -0.2) is 13.2 Å². The Morgan fingerprint density at radius 1 is 1.27 bits per heavy atom. The first kappa shape index (κ1) is 11.8. The molecule has 0 bridgehead atoms. The highest BCUT2D eigenvalue weighted by atomic mass is 16.5. The van der Waals surface area contributed by atoms with E-state index < -0.39 is 0 Å². The maximum Gasteiger partial charge on any atom is 0.118 e. The molecule has 0 aliphatic heterocycles. The van der Waals surface area contributed by atoms with Crippen LogP contribution in [0.15, 0.2) is 36.9 Å². The number of methoxy groups -OCH3 is 1. The van der Waals surface area contributed by atoms with Gasteiger partial charge in [-0.2, -0.15) is 0 Å². The molecule has 1 aromatic carbocycles. The topological polar surface area (TPSA) is 21.3 Å². The summed E-state index contributed by atoms with van der Waals surface area (Å²) in [4.78, 5) is 0. The lowest BCUT2D eigenvalue weighted by atomic mass is 10.1. The van der Waals surface area contributed by atoms with Gasteiger partial charge >= 0.3 is 0 Å². The molecule has 0 fully saturated rings. The zero-order chi connectivity index (χ0) is 11.3.